The van der Waals surface area contributed by atoms with Crippen molar-refractivity contribution in [2.24, 2.45) is 5.92 Å². The summed E-state index contributed by atoms with van der Waals surface area (Å²) in [5.41, 5.74) is 0. The lowest BCUT2D eigenvalue weighted by atomic mass is 10.0. The molecule has 7 nitrogen and oxygen atoms in total. The van der Waals surface area contributed by atoms with Crippen molar-refractivity contribution in [2.45, 2.75) is 45.3 Å². The molecular formula is C15H22O7. The number of methoxy groups -OCH3 is 1. The summed E-state index contributed by atoms with van der Waals surface area (Å²) in [6.07, 6.45) is 3.86. The number of carbonyl (C=O) groups is 3. The molecule has 0 aromatic carbocycles. The number of ether oxygens (including phenoxy) is 3. The Morgan fingerprint density at radius 3 is 2.32 bits per heavy atom. The van der Waals surface area contributed by atoms with Gasteiger partial charge in [-0.2, -0.15) is 0 Å². The number of aliphatic hydroxyl groups excluding tert-OH is 1. The Labute approximate surface area is 129 Å². The van der Waals surface area contributed by atoms with Gasteiger partial charge in [-0.25, -0.2) is 9.59 Å². The number of aliphatic hydroxyl groups is 1. The fourth-order valence-corrected chi connectivity index (χ4v) is 1.55. The Morgan fingerprint density at radius 1 is 1.18 bits per heavy atom. The molecule has 0 aromatic heterocycles. The molecule has 0 heterocycles. The molecule has 7 heteroatoms. The van der Waals surface area contributed by atoms with Gasteiger partial charge >= 0.3 is 17.9 Å². The summed E-state index contributed by atoms with van der Waals surface area (Å²) in [6, 6.07) is 0. The first-order valence-electron chi connectivity index (χ1n) is 6.90. The highest BCUT2D eigenvalue weighted by Gasteiger charge is 2.22. The minimum absolute atomic E-state index is 0.0630. The van der Waals surface area contributed by atoms with Crippen LogP contribution in [0.15, 0.2) is 0 Å². The van der Waals surface area contributed by atoms with Crippen molar-refractivity contribution in [3.05, 3.63) is 0 Å². The van der Waals surface area contributed by atoms with Crippen molar-refractivity contribution >= 4 is 17.9 Å². The monoisotopic (exact) mass is 314 g/mol. The van der Waals surface area contributed by atoms with Crippen LogP contribution >= 0.6 is 0 Å². The summed E-state index contributed by atoms with van der Waals surface area (Å²) < 4.78 is 14.2. The van der Waals surface area contributed by atoms with Gasteiger partial charge in [0.15, 0.2) is 6.10 Å². The molecular weight excluding hydrogens is 292 g/mol. The average Bonchev–Trinajstić information content (AvgIpc) is 2.48. The van der Waals surface area contributed by atoms with Crippen molar-refractivity contribution in [1.82, 2.24) is 0 Å². The maximum absolute atomic E-state index is 11.6. The van der Waals surface area contributed by atoms with Gasteiger partial charge in [0.25, 0.3) is 0 Å². The second-order valence-electron chi connectivity index (χ2n) is 4.69. The molecule has 0 aliphatic heterocycles. The van der Waals surface area contributed by atoms with E-state index in [0.717, 1.165) is 0 Å². The highest BCUT2D eigenvalue weighted by atomic mass is 16.6. The second kappa shape index (κ2) is 10.6. The predicted octanol–water partition coefficient (Wildman–Crippen LogP) is 0.435. The van der Waals surface area contributed by atoms with E-state index < -0.39 is 36.0 Å². The molecule has 0 aromatic rings. The highest BCUT2D eigenvalue weighted by Crippen LogP contribution is 2.13. The van der Waals surface area contributed by atoms with Crippen molar-refractivity contribution in [3.63, 3.8) is 0 Å². The van der Waals surface area contributed by atoms with Gasteiger partial charge in [0.1, 0.15) is 6.10 Å². The Balaban J connectivity index is 4.08. The molecule has 0 rings (SSSR count). The normalized spacial score (nSPS) is 14.1. The quantitative estimate of drug-likeness (QED) is 0.285. The SMILES string of the molecule is C#CCC(CCCOC(=O)C(C)OC(=O)C(C)O)C(=O)OC. The van der Waals surface area contributed by atoms with Crippen molar-refractivity contribution in [3.8, 4) is 12.3 Å². The van der Waals surface area contributed by atoms with Crippen LogP contribution in [0.5, 0.6) is 0 Å². The molecule has 0 saturated heterocycles. The van der Waals surface area contributed by atoms with E-state index in [2.05, 4.69) is 15.4 Å². The summed E-state index contributed by atoms with van der Waals surface area (Å²) in [7, 11) is 1.28. The molecule has 0 amide bonds. The van der Waals surface area contributed by atoms with E-state index in [-0.39, 0.29) is 13.0 Å². The zero-order valence-corrected chi connectivity index (χ0v) is 13.0. The first-order valence-corrected chi connectivity index (χ1v) is 6.90. The van der Waals surface area contributed by atoms with E-state index >= 15 is 0 Å². The van der Waals surface area contributed by atoms with Crippen LogP contribution in [0.25, 0.3) is 0 Å². The summed E-state index contributed by atoms with van der Waals surface area (Å²) >= 11 is 0. The number of carbonyl (C=O) groups excluding carboxylic acids is 3. The number of terminal acetylenes is 1. The molecule has 0 aliphatic carbocycles. The summed E-state index contributed by atoms with van der Waals surface area (Å²) in [4.78, 5) is 34.1. The number of esters is 3. The van der Waals surface area contributed by atoms with Crippen LogP contribution in [-0.2, 0) is 28.6 Å². The van der Waals surface area contributed by atoms with Crippen LogP contribution < -0.4 is 0 Å². The van der Waals surface area contributed by atoms with Gasteiger partial charge in [0, 0.05) is 6.42 Å². The van der Waals surface area contributed by atoms with Gasteiger partial charge in [-0.1, -0.05) is 0 Å². The lowest BCUT2D eigenvalue weighted by Gasteiger charge is -2.15. The fraction of sp³-hybridized carbons (Fsp3) is 0.667. The molecule has 0 spiro atoms. The Kier molecular flexibility index (Phi) is 9.63. The molecule has 0 bridgehead atoms. The molecule has 3 unspecified atom stereocenters. The maximum atomic E-state index is 11.6. The van der Waals surface area contributed by atoms with Crippen molar-refractivity contribution < 1.29 is 33.7 Å². The number of rotatable bonds is 9. The third-order valence-electron chi connectivity index (χ3n) is 2.81. The summed E-state index contributed by atoms with van der Waals surface area (Å²) in [6.45, 7) is 2.64. The third kappa shape index (κ3) is 7.64. The van der Waals surface area contributed by atoms with Gasteiger partial charge in [0.05, 0.1) is 19.6 Å². The van der Waals surface area contributed by atoms with Crippen molar-refractivity contribution in [1.29, 1.82) is 0 Å². The van der Waals surface area contributed by atoms with Crippen LogP contribution in [-0.4, -0.2) is 48.9 Å². The average molecular weight is 314 g/mol. The number of hydrogen-bond acceptors (Lipinski definition) is 7. The minimum Gasteiger partial charge on any atom is -0.469 e. The largest absolute Gasteiger partial charge is 0.469 e. The van der Waals surface area contributed by atoms with Crippen LogP contribution in [0, 0.1) is 18.3 Å². The van der Waals surface area contributed by atoms with Crippen LogP contribution in [0.2, 0.25) is 0 Å². The van der Waals surface area contributed by atoms with E-state index in [0.29, 0.717) is 12.8 Å². The Morgan fingerprint density at radius 2 is 1.82 bits per heavy atom. The van der Waals surface area contributed by atoms with E-state index in [1.807, 2.05) is 0 Å². The van der Waals surface area contributed by atoms with Crippen LogP contribution in [0.3, 0.4) is 0 Å². The molecule has 0 saturated carbocycles. The summed E-state index contributed by atoms with van der Waals surface area (Å²) in [5.74, 6) is -0.0581. The molecule has 0 aliphatic rings. The fourth-order valence-electron chi connectivity index (χ4n) is 1.55. The standard InChI is InChI=1S/C15H22O7/c1-5-7-12(15(19)20-4)8-6-9-21-14(18)11(3)22-13(17)10(2)16/h1,10-12,16H,6-9H2,2-4H3. The Hall–Kier alpha value is -2.07. The minimum atomic E-state index is -1.31. The van der Waals surface area contributed by atoms with Gasteiger partial charge in [0.2, 0.25) is 0 Å². The second-order valence-corrected chi connectivity index (χ2v) is 4.69. The van der Waals surface area contributed by atoms with E-state index in [9.17, 15) is 14.4 Å². The zero-order valence-electron chi connectivity index (χ0n) is 13.0. The van der Waals surface area contributed by atoms with Gasteiger partial charge < -0.3 is 19.3 Å². The van der Waals surface area contributed by atoms with Gasteiger partial charge in [-0.15, -0.1) is 12.3 Å². The lowest BCUT2D eigenvalue weighted by molar-refractivity contribution is -0.171. The maximum Gasteiger partial charge on any atom is 0.347 e. The molecule has 124 valence electrons. The number of hydrogen-bond donors (Lipinski definition) is 1. The van der Waals surface area contributed by atoms with Gasteiger partial charge in [-0.05, 0) is 26.7 Å². The molecule has 3 atom stereocenters. The molecule has 0 fully saturated rings. The third-order valence-corrected chi connectivity index (χ3v) is 2.81. The topological polar surface area (TPSA) is 99.1 Å². The molecule has 0 radical (unpaired) electrons. The van der Waals surface area contributed by atoms with E-state index in [1.54, 1.807) is 0 Å². The zero-order chi connectivity index (χ0) is 17.1. The summed E-state index contributed by atoms with van der Waals surface area (Å²) in [5, 5.41) is 8.97. The van der Waals surface area contributed by atoms with Crippen LogP contribution in [0.4, 0.5) is 0 Å². The molecule has 22 heavy (non-hydrogen) atoms. The Bertz CT molecular complexity index is 422. The van der Waals surface area contributed by atoms with E-state index in [4.69, 9.17) is 16.3 Å². The van der Waals surface area contributed by atoms with Gasteiger partial charge in [-0.3, -0.25) is 4.79 Å². The predicted molar refractivity (Wildman–Crippen MR) is 76.4 cm³/mol. The highest BCUT2D eigenvalue weighted by molar-refractivity contribution is 5.80. The lowest BCUT2D eigenvalue weighted by Crippen LogP contribution is -2.31. The first kappa shape index (κ1) is 19.9. The smallest absolute Gasteiger partial charge is 0.347 e. The first-order chi connectivity index (χ1) is 10.3. The van der Waals surface area contributed by atoms with Crippen molar-refractivity contribution in [2.75, 3.05) is 13.7 Å². The van der Waals surface area contributed by atoms with Crippen LogP contribution in [0.1, 0.15) is 33.1 Å². The van der Waals surface area contributed by atoms with E-state index in [1.165, 1.54) is 21.0 Å². The molecule has 1 N–H and O–H groups in total.